The zero-order valence-electron chi connectivity index (χ0n) is 12.8. The van der Waals surface area contributed by atoms with E-state index in [0.717, 1.165) is 19.3 Å². The van der Waals surface area contributed by atoms with Crippen molar-refractivity contribution in [1.82, 2.24) is 0 Å². The van der Waals surface area contributed by atoms with Crippen LogP contribution in [-0.4, -0.2) is 28.2 Å². The Morgan fingerprint density at radius 3 is 2.57 bits per heavy atom. The van der Waals surface area contributed by atoms with E-state index < -0.39 is 12.2 Å². The molecule has 0 heterocycles. The fraction of sp³-hybridized carbons (Fsp3) is 0.833. The molecule has 3 saturated carbocycles. The van der Waals surface area contributed by atoms with Crippen molar-refractivity contribution in [2.45, 2.75) is 64.1 Å². The van der Waals surface area contributed by atoms with Gasteiger partial charge in [-0.05, 0) is 37.5 Å². The third-order valence-electron chi connectivity index (χ3n) is 5.95. The van der Waals surface area contributed by atoms with E-state index in [1.807, 2.05) is 6.92 Å². The van der Waals surface area contributed by atoms with Crippen LogP contribution >= 0.6 is 0 Å². The average molecular weight is 290 g/mol. The molecule has 116 valence electrons. The number of fused-ring (bicyclic) bond motifs is 1. The molecule has 0 aromatic carbocycles. The fourth-order valence-corrected chi connectivity index (χ4v) is 4.57. The van der Waals surface area contributed by atoms with E-state index in [4.69, 9.17) is 0 Å². The van der Waals surface area contributed by atoms with Gasteiger partial charge in [-0.3, -0.25) is 4.79 Å². The Labute approximate surface area is 127 Å². The van der Waals surface area contributed by atoms with Crippen LogP contribution < -0.4 is 0 Å². The van der Waals surface area contributed by atoms with Crippen LogP contribution in [0.3, 0.4) is 0 Å². The number of rotatable bonds is 1. The topological polar surface area (TPSA) is 57.5 Å². The second-order valence-corrected chi connectivity index (χ2v) is 7.18. The van der Waals surface area contributed by atoms with Gasteiger partial charge in [-0.25, -0.2) is 0 Å². The molecule has 3 aliphatic rings. The molecule has 0 aromatic rings. The highest BCUT2D eigenvalue weighted by molar-refractivity contribution is 5.90. The first-order valence-electron chi connectivity index (χ1n) is 8.50. The minimum absolute atomic E-state index is 0.0241. The Morgan fingerprint density at radius 2 is 1.86 bits per heavy atom. The summed E-state index contributed by atoms with van der Waals surface area (Å²) in [4.78, 5) is 11.9. The molecule has 3 aliphatic carbocycles. The van der Waals surface area contributed by atoms with E-state index in [2.05, 4.69) is 11.8 Å². The van der Waals surface area contributed by atoms with Crippen LogP contribution in [-0.2, 0) is 4.79 Å². The molecule has 0 aromatic heterocycles. The number of aliphatic hydroxyl groups is 2. The first-order valence-corrected chi connectivity index (χ1v) is 8.50. The predicted molar refractivity (Wildman–Crippen MR) is 80.2 cm³/mol. The zero-order valence-corrected chi connectivity index (χ0v) is 12.8. The van der Waals surface area contributed by atoms with Gasteiger partial charge in [0, 0.05) is 11.8 Å². The number of carbonyl (C=O) groups excluding carboxylic acids is 1. The molecule has 3 nitrogen and oxygen atoms in total. The molecule has 3 heteroatoms. The second kappa shape index (κ2) is 6.10. The normalized spacial score (nSPS) is 41.5. The Balaban J connectivity index is 1.68. The number of hydrogen-bond acceptors (Lipinski definition) is 3. The molecule has 0 spiro atoms. The molecule has 0 unspecified atom stereocenters. The molecular weight excluding hydrogens is 264 g/mol. The number of aliphatic hydroxyl groups excluding tert-OH is 2. The van der Waals surface area contributed by atoms with E-state index in [1.54, 1.807) is 0 Å². The monoisotopic (exact) mass is 290 g/mol. The highest BCUT2D eigenvalue weighted by Crippen LogP contribution is 2.49. The maximum atomic E-state index is 11.9. The number of hydrogen-bond donors (Lipinski definition) is 2. The summed E-state index contributed by atoms with van der Waals surface area (Å²) in [5.74, 6) is 6.99. The summed E-state index contributed by atoms with van der Waals surface area (Å²) in [5, 5.41) is 20.5. The number of carbonyl (C=O) groups is 1. The average Bonchev–Trinajstić information content (AvgIpc) is 2.53. The van der Waals surface area contributed by atoms with E-state index in [-0.39, 0.29) is 23.7 Å². The fourth-order valence-electron chi connectivity index (χ4n) is 4.57. The van der Waals surface area contributed by atoms with E-state index in [1.165, 1.54) is 19.3 Å². The lowest BCUT2D eigenvalue weighted by molar-refractivity contribution is -0.151. The summed E-state index contributed by atoms with van der Waals surface area (Å²) in [5.41, 5.74) is 0. The summed E-state index contributed by atoms with van der Waals surface area (Å²) in [6.07, 6.45) is 6.22. The molecule has 0 amide bonds. The molecule has 2 N–H and O–H groups in total. The van der Waals surface area contributed by atoms with Gasteiger partial charge < -0.3 is 10.2 Å². The largest absolute Gasteiger partial charge is 0.392 e. The van der Waals surface area contributed by atoms with Gasteiger partial charge in [0.25, 0.3) is 0 Å². The van der Waals surface area contributed by atoms with Crippen molar-refractivity contribution in [3.8, 4) is 11.8 Å². The van der Waals surface area contributed by atoms with Gasteiger partial charge in [0.05, 0.1) is 12.0 Å². The van der Waals surface area contributed by atoms with Crippen molar-refractivity contribution < 1.29 is 15.0 Å². The van der Waals surface area contributed by atoms with Crippen molar-refractivity contribution in [2.75, 3.05) is 0 Å². The molecule has 6 atom stereocenters. The molecule has 0 radical (unpaired) electrons. The van der Waals surface area contributed by atoms with Gasteiger partial charge in [-0.2, -0.15) is 0 Å². The van der Waals surface area contributed by atoms with Crippen LogP contribution in [0.4, 0.5) is 0 Å². The highest BCUT2D eigenvalue weighted by Gasteiger charge is 2.54. The summed E-state index contributed by atoms with van der Waals surface area (Å²) >= 11 is 0. The van der Waals surface area contributed by atoms with Gasteiger partial charge in [-0.1, -0.05) is 38.0 Å². The van der Waals surface area contributed by atoms with Crippen molar-refractivity contribution in [2.24, 2.45) is 29.6 Å². The van der Waals surface area contributed by atoms with Gasteiger partial charge in [0.15, 0.2) is 0 Å². The van der Waals surface area contributed by atoms with E-state index in [0.29, 0.717) is 18.1 Å². The Kier molecular flexibility index (Phi) is 4.38. The molecule has 0 saturated heterocycles. The minimum atomic E-state index is -0.566. The molecule has 3 rings (SSSR count). The van der Waals surface area contributed by atoms with Crippen molar-refractivity contribution in [3.05, 3.63) is 0 Å². The molecule has 21 heavy (non-hydrogen) atoms. The second-order valence-electron chi connectivity index (χ2n) is 7.18. The third kappa shape index (κ3) is 2.76. The Hall–Kier alpha value is -0.850. The maximum absolute atomic E-state index is 11.9. The lowest BCUT2D eigenvalue weighted by atomic mass is 9.53. The lowest BCUT2D eigenvalue weighted by Crippen LogP contribution is -2.55. The number of ketones is 1. The van der Waals surface area contributed by atoms with E-state index >= 15 is 0 Å². The third-order valence-corrected chi connectivity index (χ3v) is 5.95. The Morgan fingerprint density at radius 1 is 1.14 bits per heavy atom. The van der Waals surface area contributed by atoms with Crippen LogP contribution in [0, 0.1) is 41.4 Å². The maximum Gasteiger partial charge on any atom is 0.139 e. The highest BCUT2D eigenvalue weighted by atomic mass is 16.3. The predicted octanol–water partition coefficient (Wildman–Crippen LogP) is 2.15. The first-order chi connectivity index (χ1) is 10.1. The van der Waals surface area contributed by atoms with E-state index in [9.17, 15) is 15.0 Å². The molecule has 0 aliphatic heterocycles. The van der Waals surface area contributed by atoms with Gasteiger partial charge in [0.1, 0.15) is 11.9 Å². The quantitative estimate of drug-likeness (QED) is 0.728. The van der Waals surface area contributed by atoms with Crippen molar-refractivity contribution >= 4 is 5.78 Å². The van der Waals surface area contributed by atoms with Crippen molar-refractivity contribution in [3.63, 3.8) is 0 Å². The molecule has 3 fully saturated rings. The molecule has 0 bridgehead atoms. The van der Waals surface area contributed by atoms with Crippen LogP contribution in [0.2, 0.25) is 0 Å². The van der Waals surface area contributed by atoms with Crippen LogP contribution in [0.1, 0.15) is 51.9 Å². The van der Waals surface area contributed by atoms with Gasteiger partial charge >= 0.3 is 0 Å². The van der Waals surface area contributed by atoms with Crippen LogP contribution in [0.15, 0.2) is 0 Å². The minimum Gasteiger partial charge on any atom is -0.392 e. The first kappa shape index (κ1) is 15.1. The Bertz CT molecular complexity index is 455. The van der Waals surface area contributed by atoms with Crippen LogP contribution in [0.25, 0.3) is 0 Å². The standard InChI is InChI=1S/C18H26O3/c1-11-17-13(16(20)10-8-14(17)18(11)21)7-9-15(19)12-5-3-2-4-6-12/h11-17,19-20H,2-6,8,10H2,1H3/t11-,13+,14+,15-,16-,17-/m1/s1. The lowest BCUT2D eigenvalue weighted by Gasteiger charge is -2.49. The summed E-state index contributed by atoms with van der Waals surface area (Å²) < 4.78 is 0. The molecular formula is C18H26O3. The summed E-state index contributed by atoms with van der Waals surface area (Å²) in [6.45, 7) is 1.95. The summed E-state index contributed by atoms with van der Waals surface area (Å²) in [7, 11) is 0. The smallest absolute Gasteiger partial charge is 0.139 e. The zero-order chi connectivity index (χ0) is 15.0. The van der Waals surface area contributed by atoms with Gasteiger partial charge in [-0.15, -0.1) is 0 Å². The summed E-state index contributed by atoms with van der Waals surface area (Å²) in [6, 6.07) is 0. The number of Topliss-reactive ketones (excluding diaryl/α,β-unsaturated/α-hetero) is 1. The SMILES string of the molecule is C[C@H]1C(=O)[C@H]2CC[C@@H](O)[C@H](C#C[C@@H](O)C3CCCCC3)[C@H]21. The van der Waals surface area contributed by atoms with Gasteiger partial charge in [0.2, 0.25) is 0 Å². The van der Waals surface area contributed by atoms with Crippen LogP contribution in [0.5, 0.6) is 0 Å². The van der Waals surface area contributed by atoms with Crippen molar-refractivity contribution in [1.29, 1.82) is 0 Å².